The van der Waals surface area contributed by atoms with Gasteiger partial charge in [0.05, 0.1) is 65.6 Å². The van der Waals surface area contributed by atoms with E-state index < -0.39 is 7.92 Å². The molecule has 5 aromatic heterocycles. The van der Waals surface area contributed by atoms with Gasteiger partial charge in [0.2, 0.25) is 0 Å². The van der Waals surface area contributed by atoms with Gasteiger partial charge in [-0.2, -0.15) is 0 Å². The van der Waals surface area contributed by atoms with Crippen LogP contribution in [0.4, 0.5) is 0 Å². The smallest absolute Gasteiger partial charge is 1.00 e. The van der Waals surface area contributed by atoms with Crippen molar-refractivity contribution in [2.45, 2.75) is 41.5 Å². The molecule has 23 heteroatoms. The molecule has 0 saturated heterocycles. The van der Waals surface area contributed by atoms with Crippen LogP contribution in [0.2, 0.25) is 0 Å². The number of aromatic nitrogens is 10. The molecule has 0 aliphatic heterocycles. The summed E-state index contributed by atoms with van der Waals surface area (Å²) in [7, 11) is -0.446. The molecular weight excluding hydrogens is 1920 g/mol. The molecule has 7 N–H and O–H groups in total. The zero-order valence-corrected chi connectivity index (χ0v) is 75.4. The zero-order chi connectivity index (χ0) is 79.9. The summed E-state index contributed by atoms with van der Waals surface area (Å²) < 4.78 is 2.01. The molecule has 0 unspecified atom stereocenters. The summed E-state index contributed by atoms with van der Waals surface area (Å²) >= 11 is 4.34. The van der Waals surface area contributed by atoms with Crippen molar-refractivity contribution in [3.05, 3.63) is 396 Å². The van der Waals surface area contributed by atoms with E-state index in [0.717, 1.165) is 73.8 Å². The number of aryl methyl sites for hydroxylation is 6. The summed E-state index contributed by atoms with van der Waals surface area (Å²) in [5.74, 6) is 2.81. The molecule has 117 heavy (non-hydrogen) atoms. The Hall–Kier alpha value is -10.6. The van der Waals surface area contributed by atoms with E-state index in [2.05, 4.69) is 186 Å². The second-order valence-electron chi connectivity index (χ2n) is 26.8. The van der Waals surface area contributed by atoms with Crippen molar-refractivity contribution in [3.63, 3.8) is 0 Å². The third-order valence-corrected chi connectivity index (χ3v) is 22.3. The van der Waals surface area contributed by atoms with Gasteiger partial charge < -0.3 is 59.1 Å². The third kappa shape index (κ3) is 22.2. The standard InChI is InChI=1S/C18H15P.2C16H14N2O.C15H11IN2O.C15H12N2O2.C14H9IN2O2.HI.Na.Pd/c1-4-10-16(11-5-1)19(17-12-6-2-7-13-17)18-14-8-3-9-15-18;2*1-10-7-8-14-13(9-10)16(19)18-15(17-14)12-6-4-3-5-11(12)2;1-9-4-2-3-5-11(9)14-17-13-7-6-10(16)8-12(13)15(19)18-14;1-9-6-7-12-11(8-9)15(19)17-14(16-12)10-4-2-3-5-13(10)18;15-8-5-6-11-10(7-8)14(19)17-13(16-11)9-3-1-2-4-12(9)18;;;/h1-15H;2*3-9H,1-2H3,(H,17,18,19);2-8H,1H3,(H,17,18,19);2-8,18H,1H3,(H,16,17,19);1-7,18H,(H,16,17,19);1H;;/q;;;;;;;+1;/p-1/i;;;16+0;;;1+0;;. The first-order chi connectivity index (χ1) is 55.2. The Labute approximate surface area is 755 Å². The quantitative estimate of drug-likeness (QED) is 0.0425. The fourth-order valence-corrected chi connectivity index (χ4v) is 15.9. The van der Waals surface area contributed by atoms with Gasteiger partial charge in [0.1, 0.15) is 40.6 Å². The second-order valence-corrected chi connectivity index (χ2v) is 31.5. The first kappa shape index (κ1) is 88.8. The molecule has 18 aromatic rings. The van der Waals surface area contributed by atoms with Crippen LogP contribution in [0.5, 0.6) is 11.5 Å². The molecule has 0 spiro atoms. The molecule has 5 heterocycles. The summed E-state index contributed by atoms with van der Waals surface area (Å²) in [4.78, 5) is 97.0. The number of nitrogens with one attached hydrogen (secondary N) is 5. The van der Waals surface area contributed by atoms with E-state index in [1.165, 1.54) is 15.9 Å². The van der Waals surface area contributed by atoms with E-state index in [1.54, 1.807) is 66.7 Å². The average molecular weight is 2000 g/mol. The van der Waals surface area contributed by atoms with Crippen LogP contribution in [-0.2, 0) is 20.4 Å². The monoisotopic (exact) mass is 2000 g/mol. The number of phenolic OH excluding ortho intramolecular Hbond substituents is 2. The van der Waals surface area contributed by atoms with E-state index in [1.807, 2.05) is 187 Å². The van der Waals surface area contributed by atoms with Crippen LogP contribution >= 0.6 is 53.1 Å². The van der Waals surface area contributed by atoms with Crippen molar-refractivity contribution in [3.8, 4) is 68.4 Å². The summed E-state index contributed by atoms with van der Waals surface area (Å²) in [5, 5.41) is 26.8. The van der Waals surface area contributed by atoms with E-state index in [9.17, 15) is 34.2 Å². The molecule has 0 saturated carbocycles. The Balaban J connectivity index is 0.000000147. The predicted molar refractivity (Wildman–Crippen MR) is 481 cm³/mol. The first-order valence-electron chi connectivity index (χ1n) is 36.3. The molecule has 0 radical (unpaired) electrons. The van der Waals surface area contributed by atoms with E-state index >= 15 is 0 Å². The first-order valence-corrected chi connectivity index (χ1v) is 39.8. The minimum absolute atomic E-state index is 0. The SMILES string of the molecule is Cc1ccc2nc(-c3ccccc3C)[nH]c(=O)c2c1.Cc1ccc2nc(-c3ccccc3C)[nH]c(=O)c2c1.Cc1ccc2nc(-c3ccccc3O)[nH]c(=O)c2c1.Cc1ccccc1-c1nc2ccc([127I])cc2c(=O)[nH]1.O=c1[nH]c(-c2ccccc2O)nc2ccc(I)cc12.[127I-].[Na+].[Pd].c1ccc(P(c2ccccc2)c2ccccc2)cc1. The van der Waals surface area contributed by atoms with Gasteiger partial charge in [-0.1, -0.05) is 223 Å². The molecule has 0 aliphatic rings. The van der Waals surface area contributed by atoms with Crippen LogP contribution in [0.1, 0.15) is 33.4 Å². The Kier molecular flexibility index (Phi) is 31.5. The molecule has 580 valence electrons. The molecule has 0 aliphatic carbocycles. The van der Waals surface area contributed by atoms with Crippen LogP contribution in [0.15, 0.2) is 327 Å². The Morgan fingerprint density at radius 1 is 0.274 bits per heavy atom. The summed E-state index contributed by atoms with van der Waals surface area (Å²) in [6.07, 6.45) is 0. The number of benzene rings is 13. The summed E-state index contributed by atoms with van der Waals surface area (Å²) in [6.45, 7) is 11.9. The van der Waals surface area contributed by atoms with Gasteiger partial charge in [0.25, 0.3) is 27.8 Å². The molecule has 0 bridgehead atoms. The number of hydrogen-bond donors (Lipinski definition) is 7. The number of nitrogens with zero attached hydrogens (tertiary/aromatic N) is 5. The molecule has 0 fully saturated rings. The van der Waals surface area contributed by atoms with Gasteiger partial charge in [0, 0.05) is 44.3 Å². The fraction of sp³-hybridized carbons (Fsp3) is 0.0638. The third-order valence-electron chi connectivity index (χ3n) is 18.5. The van der Waals surface area contributed by atoms with Gasteiger partial charge in [-0.25, -0.2) is 24.9 Å². The number of aromatic amines is 5. The molecular formula is C94H75I3N10NaO7PPd. The maximum absolute atomic E-state index is 12.1. The number of fused-ring (bicyclic) bond motifs is 5. The van der Waals surface area contributed by atoms with E-state index in [-0.39, 0.29) is 113 Å². The van der Waals surface area contributed by atoms with Crippen molar-refractivity contribution in [1.29, 1.82) is 0 Å². The summed E-state index contributed by atoms with van der Waals surface area (Å²) in [6, 6.07) is 97.7. The zero-order valence-electron chi connectivity index (χ0n) is 64.4. The van der Waals surface area contributed by atoms with E-state index in [0.29, 0.717) is 78.2 Å². The number of halogens is 3. The number of rotatable bonds is 8. The maximum Gasteiger partial charge on any atom is 1.00 e. The van der Waals surface area contributed by atoms with Gasteiger partial charge in [-0.05, 0) is 224 Å². The van der Waals surface area contributed by atoms with Crippen molar-refractivity contribution >= 4 is 124 Å². The van der Waals surface area contributed by atoms with Gasteiger partial charge in [-0.15, -0.1) is 0 Å². The van der Waals surface area contributed by atoms with Crippen molar-refractivity contribution < 1.29 is 84.2 Å². The second kappa shape index (κ2) is 41.5. The van der Waals surface area contributed by atoms with Crippen LogP contribution < -0.4 is 97.2 Å². The number of aromatic hydroxyl groups is 2. The van der Waals surface area contributed by atoms with E-state index in [4.69, 9.17) is 0 Å². The van der Waals surface area contributed by atoms with Crippen LogP contribution in [0, 0.1) is 48.7 Å². The molecule has 18 rings (SSSR count). The minimum atomic E-state index is -0.446. The van der Waals surface area contributed by atoms with Crippen molar-refractivity contribution in [1.82, 2.24) is 49.8 Å². The topological polar surface area (TPSA) is 269 Å². The Morgan fingerprint density at radius 2 is 0.487 bits per heavy atom. The van der Waals surface area contributed by atoms with Gasteiger partial charge in [0.15, 0.2) is 0 Å². The fourth-order valence-electron chi connectivity index (χ4n) is 12.7. The summed E-state index contributed by atoms with van der Waals surface area (Å²) in [5.41, 5.74) is 13.0. The molecule has 0 atom stereocenters. The molecule has 13 aromatic carbocycles. The molecule has 0 amide bonds. The largest absolute Gasteiger partial charge is 1.00 e. The number of hydrogen-bond acceptors (Lipinski definition) is 12. The van der Waals surface area contributed by atoms with Gasteiger partial charge >= 0.3 is 29.6 Å². The minimum Gasteiger partial charge on any atom is -1.00 e. The molecule has 17 nitrogen and oxygen atoms in total. The number of para-hydroxylation sites is 2. The Morgan fingerprint density at radius 3 is 0.744 bits per heavy atom. The van der Waals surface area contributed by atoms with Crippen LogP contribution in [-0.4, -0.2) is 60.1 Å². The van der Waals surface area contributed by atoms with Crippen LogP contribution in [0.3, 0.4) is 0 Å². The normalized spacial score (nSPS) is 10.5. The van der Waals surface area contributed by atoms with Gasteiger partial charge in [-0.3, -0.25) is 24.0 Å². The van der Waals surface area contributed by atoms with Crippen molar-refractivity contribution in [2.24, 2.45) is 0 Å². The average Bonchev–Trinajstić information content (AvgIpc) is 0.812. The van der Waals surface area contributed by atoms with Crippen molar-refractivity contribution in [2.75, 3.05) is 0 Å². The number of phenols is 2. The van der Waals surface area contributed by atoms with Crippen LogP contribution in [0.25, 0.3) is 111 Å². The predicted octanol–water partition coefficient (Wildman–Crippen LogP) is 12.9. The maximum atomic E-state index is 12.1. The number of H-pyrrole nitrogens is 5. The Bertz CT molecular complexity index is 5970.